The van der Waals surface area contributed by atoms with Gasteiger partial charge in [-0.15, -0.1) is 0 Å². The fourth-order valence-corrected chi connectivity index (χ4v) is 4.90. The zero-order chi connectivity index (χ0) is 27.4. The van der Waals surface area contributed by atoms with Crippen LogP contribution in [0.25, 0.3) is 44.2 Å². The van der Waals surface area contributed by atoms with Crippen molar-refractivity contribution in [2.45, 2.75) is 13.8 Å². The minimum absolute atomic E-state index is 0.411. The van der Waals surface area contributed by atoms with E-state index < -0.39 is 0 Å². The van der Waals surface area contributed by atoms with Crippen molar-refractivity contribution in [1.82, 2.24) is 9.97 Å². The first-order valence-corrected chi connectivity index (χ1v) is 13.1. The highest BCUT2D eigenvalue weighted by Crippen LogP contribution is 2.38. The fraction of sp³-hybridized carbons (Fsp3) is 0.118. The third kappa shape index (κ3) is 5.43. The van der Waals surface area contributed by atoms with E-state index in [-0.39, 0.29) is 0 Å². The molecule has 0 aliphatic heterocycles. The predicted octanol–water partition coefficient (Wildman–Crippen LogP) is 9.09. The van der Waals surface area contributed by atoms with Crippen LogP contribution >= 0.6 is 11.6 Å². The average molecular weight is 533 g/mol. The Morgan fingerprint density at radius 2 is 1.10 bits per heavy atom. The van der Waals surface area contributed by atoms with Gasteiger partial charge in [-0.1, -0.05) is 103 Å². The van der Waals surface area contributed by atoms with Gasteiger partial charge in [0.05, 0.1) is 25.3 Å². The average Bonchev–Trinajstić information content (AvgIpc) is 2.98. The first-order valence-electron chi connectivity index (χ1n) is 12.7. The van der Waals surface area contributed by atoms with E-state index in [1.165, 1.54) is 11.1 Å². The summed E-state index contributed by atoms with van der Waals surface area (Å²) in [5.74, 6) is 1.41. The molecule has 0 bridgehead atoms. The third-order valence-corrected chi connectivity index (χ3v) is 6.96. The molecule has 2 aromatic heterocycles. The SMILES string of the molecule is COc1cc2cccc(C)c2nc1-c1ccccc1-c1ccccc1.COc1cc2cccc(C)c2nc1Cl. The number of ether oxygens (including phenoxy) is 2. The number of nitrogens with zero attached hydrogens (tertiary/aromatic N) is 2. The fourth-order valence-electron chi connectivity index (χ4n) is 4.68. The van der Waals surface area contributed by atoms with E-state index in [2.05, 4.69) is 78.6 Å². The van der Waals surface area contributed by atoms with E-state index in [4.69, 9.17) is 26.1 Å². The van der Waals surface area contributed by atoms with Crippen LogP contribution in [0, 0.1) is 13.8 Å². The molecule has 0 aliphatic carbocycles. The second-order valence-electron chi connectivity index (χ2n) is 9.23. The maximum atomic E-state index is 5.94. The van der Waals surface area contributed by atoms with Crippen LogP contribution in [-0.4, -0.2) is 24.2 Å². The Labute approximate surface area is 233 Å². The summed E-state index contributed by atoms with van der Waals surface area (Å²) in [5, 5.41) is 2.55. The molecule has 0 saturated carbocycles. The summed E-state index contributed by atoms with van der Waals surface area (Å²) in [7, 11) is 3.29. The highest BCUT2D eigenvalue weighted by atomic mass is 35.5. The predicted molar refractivity (Wildman–Crippen MR) is 162 cm³/mol. The molecule has 4 aromatic carbocycles. The quantitative estimate of drug-likeness (QED) is 0.212. The molecule has 6 rings (SSSR count). The van der Waals surface area contributed by atoms with Gasteiger partial charge in [0.1, 0.15) is 11.4 Å². The smallest absolute Gasteiger partial charge is 0.171 e. The summed E-state index contributed by atoms with van der Waals surface area (Å²) >= 11 is 5.94. The van der Waals surface area contributed by atoms with Crippen LogP contribution < -0.4 is 9.47 Å². The molecule has 0 aliphatic rings. The molecule has 2 heterocycles. The van der Waals surface area contributed by atoms with Crippen molar-refractivity contribution >= 4 is 33.4 Å². The summed E-state index contributed by atoms with van der Waals surface area (Å²) in [6.45, 7) is 4.10. The van der Waals surface area contributed by atoms with Crippen LogP contribution in [-0.2, 0) is 0 Å². The summed E-state index contributed by atoms with van der Waals surface area (Å²) in [5.41, 5.74) is 8.51. The molecule has 0 saturated heterocycles. The normalized spacial score (nSPS) is 10.7. The van der Waals surface area contributed by atoms with E-state index >= 15 is 0 Å². The van der Waals surface area contributed by atoms with Gasteiger partial charge in [0.25, 0.3) is 0 Å². The van der Waals surface area contributed by atoms with E-state index in [1.807, 2.05) is 43.3 Å². The summed E-state index contributed by atoms with van der Waals surface area (Å²) in [6, 6.07) is 34.9. The standard InChI is InChI=1S/C23H19NO.C11H10ClNO/c1-16-9-8-12-18-15-21(25-2)23(24-22(16)18)20-14-7-6-13-19(20)17-10-4-3-5-11-17;1-7-4-3-5-8-6-9(14-2)11(12)13-10(7)8/h3-15H,1-2H3;3-6H,1-2H3. The lowest BCUT2D eigenvalue weighted by Crippen LogP contribution is -1.95. The zero-order valence-corrected chi connectivity index (χ0v) is 23.2. The molecule has 0 spiro atoms. The monoisotopic (exact) mass is 532 g/mol. The van der Waals surface area contributed by atoms with Crippen molar-refractivity contribution < 1.29 is 9.47 Å². The molecule has 0 radical (unpaired) electrons. The Hall–Kier alpha value is -4.41. The summed E-state index contributed by atoms with van der Waals surface area (Å²) in [6.07, 6.45) is 0. The van der Waals surface area contributed by atoms with E-state index in [9.17, 15) is 0 Å². The van der Waals surface area contributed by atoms with E-state index in [0.29, 0.717) is 10.9 Å². The number of pyridine rings is 2. The first-order chi connectivity index (χ1) is 19.0. The molecule has 6 aromatic rings. The Morgan fingerprint density at radius 3 is 1.72 bits per heavy atom. The van der Waals surface area contributed by atoms with Crippen LogP contribution in [0.1, 0.15) is 11.1 Å². The number of methoxy groups -OCH3 is 2. The molecule has 5 heteroatoms. The lowest BCUT2D eigenvalue weighted by Gasteiger charge is -2.14. The van der Waals surface area contributed by atoms with Crippen molar-refractivity contribution in [1.29, 1.82) is 0 Å². The topological polar surface area (TPSA) is 44.2 Å². The van der Waals surface area contributed by atoms with Crippen LogP contribution in [0.5, 0.6) is 11.5 Å². The van der Waals surface area contributed by atoms with Gasteiger partial charge < -0.3 is 9.47 Å². The molecule has 0 N–H and O–H groups in total. The van der Waals surface area contributed by atoms with Gasteiger partial charge in [0.2, 0.25) is 0 Å². The molecule has 39 heavy (non-hydrogen) atoms. The maximum Gasteiger partial charge on any atom is 0.171 e. The molecule has 194 valence electrons. The Balaban J connectivity index is 0.000000186. The van der Waals surface area contributed by atoms with Gasteiger partial charge in [-0.3, -0.25) is 0 Å². The summed E-state index contributed by atoms with van der Waals surface area (Å²) < 4.78 is 10.8. The molecule has 0 amide bonds. The lowest BCUT2D eigenvalue weighted by molar-refractivity contribution is 0.414. The van der Waals surface area contributed by atoms with Gasteiger partial charge in [-0.25, -0.2) is 9.97 Å². The maximum absolute atomic E-state index is 5.94. The molecular weight excluding hydrogens is 504 g/mol. The minimum Gasteiger partial charge on any atom is -0.494 e. The van der Waals surface area contributed by atoms with Crippen molar-refractivity contribution in [2.75, 3.05) is 14.2 Å². The van der Waals surface area contributed by atoms with Crippen LogP contribution in [0.3, 0.4) is 0 Å². The largest absolute Gasteiger partial charge is 0.494 e. The highest BCUT2D eigenvalue weighted by Gasteiger charge is 2.15. The number of para-hydroxylation sites is 2. The number of hydrogen-bond donors (Lipinski definition) is 0. The van der Waals surface area contributed by atoms with Gasteiger partial charge in [0.15, 0.2) is 10.9 Å². The Morgan fingerprint density at radius 1 is 0.564 bits per heavy atom. The number of halogens is 1. The molecule has 4 nitrogen and oxygen atoms in total. The van der Waals surface area contributed by atoms with Crippen molar-refractivity contribution in [2.24, 2.45) is 0 Å². The third-order valence-electron chi connectivity index (χ3n) is 6.69. The lowest BCUT2D eigenvalue weighted by atomic mass is 9.96. The van der Waals surface area contributed by atoms with Crippen LogP contribution in [0.2, 0.25) is 5.15 Å². The van der Waals surface area contributed by atoms with Crippen LogP contribution in [0.15, 0.2) is 103 Å². The number of rotatable bonds is 4. The molecule has 0 unspecified atom stereocenters. The Kier molecular flexibility index (Phi) is 7.76. The first kappa shape index (κ1) is 26.2. The van der Waals surface area contributed by atoms with Gasteiger partial charge in [-0.2, -0.15) is 0 Å². The van der Waals surface area contributed by atoms with Crippen LogP contribution in [0.4, 0.5) is 0 Å². The van der Waals surface area contributed by atoms with Gasteiger partial charge >= 0.3 is 0 Å². The highest BCUT2D eigenvalue weighted by molar-refractivity contribution is 6.31. The molecule has 0 atom stereocenters. The van der Waals surface area contributed by atoms with Gasteiger partial charge in [0, 0.05) is 16.3 Å². The number of hydrogen-bond acceptors (Lipinski definition) is 4. The zero-order valence-electron chi connectivity index (χ0n) is 22.4. The Bertz CT molecular complexity index is 1770. The van der Waals surface area contributed by atoms with Crippen molar-refractivity contribution in [3.63, 3.8) is 0 Å². The number of fused-ring (bicyclic) bond motifs is 2. The van der Waals surface area contributed by atoms with E-state index in [0.717, 1.165) is 49.9 Å². The number of aryl methyl sites for hydroxylation is 2. The van der Waals surface area contributed by atoms with Crippen molar-refractivity contribution in [3.05, 3.63) is 119 Å². The second-order valence-corrected chi connectivity index (χ2v) is 9.58. The number of benzene rings is 4. The molecular formula is C34H29ClN2O2. The minimum atomic E-state index is 0.411. The van der Waals surface area contributed by atoms with Gasteiger partial charge in [-0.05, 0) is 48.2 Å². The molecule has 0 fully saturated rings. The second kappa shape index (κ2) is 11.5. The van der Waals surface area contributed by atoms with E-state index in [1.54, 1.807) is 14.2 Å². The number of aromatic nitrogens is 2. The van der Waals surface area contributed by atoms with Crippen molar-refractivity contribution in [3.8, 4) is 33.9 Å². The summed E-state index contributed by atoms with van der Waals surface area (Å²) in [4.78, 5) is 9.26.